The molecule has 0 radical (unpaired) electrons. The zero-order valence-corrected chi connectivity index (χ0v) is 20.8. The molecule has 37 heavy (non-hydrogen) atoms. The van der Waals surface area contributed by atoms with Gasteiger partial charge in [0, 0.05) is 5.56 Å². The minimum Gasteiger partial charge on any atom is -0.507 e. The van der Waals surface area contributed by atoms with Crippen LogP contribution in [0, 0.1) is 19.7 Å². The SMILES string of the molecule is Cc1cccc(COc2ccc(/C(O)=C3\C(=O)C(=O)N(c4nnc(C)s4)C3c3ccc(F)cc3)cc2)c1. The van der Waals surface area contributed by atoms with Crippen LogP contribution < -0.4 is 9.64 Å². The van der Waals surface area contributed by atoms with Gasteiger partial charge in [-0.05, 0) is 61.4 Å². The summed E-state index contributed by atoms with van der Waals surface area (Å²) in [5.74, 6) is -1.93. The van der Waals surface area contributed by atoms with Crippen molar-refractivity contribution in [1.82, 2.24) is 10.2 Å². The van der Waals surface area contributed by atoms with Crippen LogP contribution in [0.3, 0.4) is 0 Å². The highest BCUT2D eigenvalue weighted by molar-refractivity contribution is 7.15. The van der Waals surface area contributed by atoms with E-state index in [2.05, 4.69) is 10.2 Å². The Morgan fingerprint density at radius 3 is 2.41 bits per heavy atom. The van der Waals surface area contributed by atoms with E-state index in [1.54, 1.807) is 31.2 Å². The number of nitrogens with zero attached hydrogens (tertiary/aromatic N) is 3. The number of ketones is 1. The van der Waals surface area contributed by atoms with E-state index in [9.17, 15) is 19.1 Å². The summed E-state index contributed by atoms with van der Waals surface area (Å²) in [6, 6.07) is 19.0. The van der Waals surface area contributed by atoms with Gasteiger partial charge >= 0.3 is 5.91 Å². The van der Waals surface area contributed by atoms with Crippen LogP contribution in [-0.2, 0) is 16.2 Å². The van der Waals surface area contributed by atoms with Gasteiger partial charge in [0.1, 0.15) is 28.9 Å². The highest BCUT2D eigenvalue weighted by Gasteiger charge is 2.48. The Balaban J connectivity index is 1.50. The maximum atomic E-state index is 13.7. The zero-order chi connectivity index (χ0) is 26.1. The van der Waals surface area contributed by atoms with E-state index in [0.29, 0.717) is 28.5 Å². The molecule has 3 aromatic carbocycles. The summed E-state index contributed by atoms with van der Waals surface area (Å²) in [6.07, 6.45) is 0. The molecule has 1 aliphatic heterocycles. The molecule has 0 saturated carbocycles. The predicted molar refractivity (Wildman–Crippen MR) is 138 cm³/mol. The molecule has 0 spiro atoms. The van der Waals surface area contributed by atoms with Gasteiger partial charge in [-0.2, -0.15) is 0 Å². The van der Waals surface area contributed by atoms with E-state index >= 15 is 0 Å². The summed E-state index contributed by atoms with van der Waals surface area (Å²) in [5, 5.41) is 20.0. The van der Waals surface area contributed by atoms with Crippen LogP contribution in [0.1, 0.15) is 33.3 Å². The first-order valence-corrected chi connectivity index (χ1v) is 12.3. The second-order valence-electron chi connectivity index (χ2n) is 8.63. The lowest BCUT2D eigenvalue weighted by Crippen LogP contribution is -2.29. The van der Waals surface area contributed by atoms with Gasteiger partial charge in [-0.3, -0.25) is 14.5 Å². The number of amides is 1. The molecule has 1 N–H and O–H groups in total. The Morgan fingerprint density at radius 2 is 1.76 bits per heavy atom. The fourth-order valence-electron chi connectivity index (χ4n) is 4.21. The lowest BCUT2D eigenvalue weighted by molar-refractivity contribution is -0.132. The summed E-state index contributed by atoms with van der Waals surface area (Å²) in [7, 11) is 0. The summed E-state index contributed by atoms with van der Waals surface area (Å²) in [4.78, 5) is 27.4. The molecule has 5 rings (SSSR count). The van der Waals surface area contributed by atoms with Gasteiger partial charge in [-0.15, -0.1) is 10.2 Å². The molecular formula is C28H22FN3O4S. The fraction of sp³-hybridized carbons (Fsp3) is 0.143. The van der Waals surface area contributed by atoms with Gasteiger partial charge in [-0.25, -0.2) is 4.39 Å². The van der Waals surface area contributed by atoms with Crippen LogP contribution in [0.15, 0.2) is 78.4 Å². The monoisotopic (exact) mass is 515 g/mol. The number of halogens is 1. The molecular weight excluding hydrogens is 493 g/mol. The van der Waals surface area contributed by atoms with E-state index < -0.39 is 23.5 Å². The van der Waals surface area contributed by atoms with Crippen molar-refractivity contribution in [2.24, 2.45) is 0 Å². The maximum Gasteiger partial charge on any atom is 0.301 e. The highest BCUT2D eigenvalue weighted by Crippen LogP contribution is 2.43. The lowest BCUT2D eigenvalue weighted by atomic mass is 9.95. The minimum atomic E-state index is -0.995. The smallest absolute Gasteiger partial charge is 0.301 e. The summed E-state index contributed by atoms with van der Waals surface area (Å²) in [5.41, 5.74) is 2.84. The van der Waals surface area contributed by atoms with Crippen LogP contribution in [0.2, 0.25) is 0 Å². The molecule has 1 saturated heterocycles. The molecule has 9 heteroatoms. The number of anilines is 1. The molecule has 7 nitrogen and oxygen atoms in total. The molecule has 1 atom stereocenters. The second kappa shape index (κ2) is 9.94. The van der Waals surface area contributed by atoms with Crippen molar-refractivity contribution in [3.63, 3.8) is 0 Å². The van der Waals surface area contributed by atoms with Gasteiger partial charge in [-0.1, -0.05) is 53.3 Å². The molecule has 186 valence electrons. The van der Waals surface area contributed by atoms with Gasteiger partial charge in [0.2, 0.25) is 5.13 Å². The summed E-state index contributed by atoms with van der Waals surface area (Å²) < 4.78 is 19.5. The summed E-state index contributed by atoms with van der Waals surface area (Å²) in [6.45, 7) is 4.12. The summed E-state index contributed by atoms with van der Waals surface area (Å²) >= 11 is 1.14. The normalized spacial score (nSPS) is 16.8. The van der Waals surface area contributed by atoms with E-state index in [-0.39, 0.29) is 16.5 Å². The Hall–Kier alpha value is -4.37. The maximum absolute atomic E-state index is 13.7. The Morgan fingerprint density at radius 1 is 1.03 bits per heavy atom. The number of hydrogen-bond donors (Lipinski definition) is 1. The van der Waals surface area contributed by atoms with Crippen molar-refractivity contribution in [1.29, 1.82) is 0 Å². The van der Waals surface area contributed by atoms with Crippen LogP contribution in [-0.4, -0.2) is 27.0 Å². The number of aryl methyl sites for hydroxylation is 2. The van der Waals surface area contributed by atoms with E-state index in [1.165, 1.54) is 29.2 Å². The van der Waals surface area contributed by atoms with Crippen molar-refractivity contribution >= 4 is 33.9 Å². The first-order chi connectivity index (χ1) is 17.8. The number of aliphatic hydroxyl groups is 1. The molecule has 1 aliphatic rings. The van der Waals surface area contributed by atoms with Gasteiger partial charge in [0.15, 0.2) is 0 Å². The van der Waals surface area contributed by atoms with Crippen molar-refractivity contribution in [2.45, 2.75) is 26.5 Å². The molecule has 1 amide bonds. The molecule has 4 aromatic rings. The molecule has 0 bridgehead atoms. The zero-order valence-electron chi connectivity index (χ0n) is 20.0. The molecule has 1 fully saturated rings. The quantitative estimate of drug-likeness (QED) is 0.207. The van der Waals surface area contributed by atoms with Crippen LogP contribution in [0.5, 0.6) is 5.75 Å². The van der Waals surface area contributed by atoms with Crippen LogP contribution in [0.4, 0.5) is 9.52 Å². The third-order valence-corrected chi connectivity index (χ3v) is 6.81. The standard InChI is InChI=1S/C28H22FN3O4S/c1-16-4-3-5-18(14-16)15-36-22-12-8-20(9-13-22)25(33)23-24(19-6-10-21(29)11-7-19)32(27(35)26(23)34)28-31-30-17(2)37-28/h3-14,24,33H,15H2,1-2H3/b25-23+. The fourth-order valence-corrected chi connectivity index (χ4v) is 4.92. The highest BCUT2D eigenvalue weighted by atomic mass is 32.1. The number of carbonyl (C=O) groups excluding carboxylic acids is 2. The lowest BCUT2D eigenvalue weighted by Gasteiger charge is -2.22. The van der Waals surface area contributed by atoms with Gasteiger partial charge < -0.3 is 9.84 Å². The number of hydrogen-bond acceptors (Lipinski definition) is 7. The number of ether oxygens (including phenoxy) is 1. The van der Waals surface area contributed by atoms with E-state index in [1.807, 2.05) is 31.2 Å². The molecule has 2 heterocycles. The average molecular weight is 516 g/mol. The predicted octanol–water partition coefficient (Wildman–Crippen LogP) is 5.50. The van der Waals surface area contributed by atoms with Gasteiger partial charge in [0.25, 0.3) is 5.78 Å². The number of aliphatic hydroxyl groups excluding tert-OH is 1. The number of aromatic nitrogens is 2. The Bertz CT molecular complexity index is 1510. The van der Waals surface area contributed by atoms with Crippen LogP contribution in [0.25, 0.3) is 5.76 Å². The number of rotatable bonds is 6. The molecule has 0 aliphatic carbocycles. The first kappa shape index (κ1) is 24.3. The second-order valence-corrected chi connectivity index (χ2v) is 9.79. The van der Waals surface area contributed by atoms with Crippen molar-refractivity contribution in [3.05, 3.63) is 111 Å². The third-order valence-electron chi connectivity index (χ3n) is 5.97. The van der Waals surface area contributed by atoms with Crippen LogP contribution >= 0.6 is 11.3 Å². The van der Waals surface area contributed by atoms with Gasteiger partial charge in [0.05, 0.1) is 11.6 Å². The van der Waals surface area contributed by atoms with Crippen molar-refractivity contribution in [3.8, 4) is 5.75 Å². The largest absolute Gasteiger partial charge is 0.507 e. The third kappa shape index (κ3) is 4.85. The average Bonchev–Trinajstić information content (AvgIpc) is 3.43. The number of Topliss-reactive ketones (excluding diaryl/α,β-unsaturated/α-hetero) is 1. The van der Waals surface area contributed by atoms with Crippen molar-refractivity contribution in [2.75, 3.05) is 4.90 Å². The number of benzene rings is 3. The topological polar surface area (TPSA) is 92.6 Å². The van der Waals surface area contributed by atoms with E-state index in [0.717, 1.165) is 22.5 Å². The van der Waals surface area contributed by atoms with E-state index in [4.69, 9.17) is 4.74 Å². The molecule has 1 aromatic heterocycles. The molecule has 1 unspecified atom stereocenters. The number of carbonyl (C=O) groups is 2. The van der Waals surface area contributed by atoms with Crippen molar-refractivity contribution < 1.29 is 23.8 Å². The Labute approximate surface area is 216 Å². The Kier molecular flexibility index (Phi) is 6.54. The minimum absolute atomic E-state index is 0.113. The first-order valence-electron chi connectivity index (χ1n) is 11.5.